The first-order valence-electron chi connectivity index (χ1n) is 11.2. The number of carbonyl (C=O) groups excluding carboxylic acids is 5. The van der Waals surface area contributed by atoms with Gasteiger partial charge in [-0.15, -0.1) is 0 Å². The molecule has 4 N–H and O–H groups in total. The van der Waals surface area contributed by atoms with Gasteiger partial charge in [0, 0.05) is 38.4 Å². The van der Waals surface area contributed by atoms with Gasteiger partial charge in [-0.3, -0.25) is 24.1 Å². The first-order chi connectivity index (χ1) is 15.7. The molecule has 180 valence electrons. The van der Waals surface area contributed by atoms with Gasteiger partial charge in [0.05, 0.1) is 12.7 Å². The van der Waals surface area contributed by atoms with E-state index in [0.29, 0.717) is 38.0 Å². The zero-order chi connectivity index (χ0) is 24.1. The highest BCUT2D eigenvalue weighted by molar-refractivity contribution is 6.03. The Bertz CT molecular complexity index is 903. The van der Waals surface area contributed by atoms with Crippen LogP contribution in [-0.4, -0.2) is 92.6 Å². The van der Waals surface area contributed by atoms with E-state index in [1.807, 2.05) is 6.92 Å². The maximum absolute atomic E-state index is 13.3. The number of nitrogens with zero attached hydrogens (tertiary/aromatic N) is 4. The van der Waals surface area contributed by atoms with Crippen molar-refractivity contribution in [1.82, 2.24) is 30.0 Å². The van der Waals surface area contributed by atoms with Crippen LogP contribution >= 0.6 is 0 Å². The molecule has 0 saturated carbocycles. The number of carbonyl (C=O) groups is 5. The van der Waals surface area contributed by atoms with Crippen molar-refractivity contribution in [2.45, 2.75) is 63.6 Å². The molecular formula is C21H31N7O5. The van der Waals surface area contributed by atoms with Gasteiger partial charge in [-0.05, 0) is 19.3 Å². The molecular weight excluding hydrogens is 430 g/mol. The number of rotatable bonds is 9. The lowest BCUT2D eigenvalue weighted by atomic mass is 10.0. The molecule has 0 spiro atoms. The highest BCUT2D eigenvalue weighted by Crippen LogP contribution is 2.20. The van der Waals surface area contributed by atoms with Gasteiger partial charge in [0.2, 0.25) is 23.6 Å². The predicted molar refractivity (Wildman–Crippen MR) is 116 cm³/mol. The van der Waals surface area contributed by atoms with Crippen molar-refractivity contribution in [2.75, 3.05) is 20.1 Å². The molecule has 3 heterocycles. The van der Waals surface area contributed by atoms with Crippen LogP contribution < -0.4 is 11.1 Å². The lowest BCUT2D eigenvalue weighted by Gasteiger charge is -2.38. The Morgan fingerprint density at radius 2 is 2.06 bits per heavy atom. The molecule has 12 heteroatoms. The summed E-state index contributed by atoms with van der Waals surface area (Å²) < 4.78 is 0. The van der Waals surface area contributed by atoms with Gasteiger partial charge < -0.3 is 25.8 Å². The van der Waals surface area contributed by atoms with Crippen LogP contribution in [0.5, 0.6) is 0 Å². The molecule has 0 aromatic carbocycles. The number of aromatic amines is 1. The number of likely N-dealkylation sites (tertiary alicyclic amines) is 1. The van der Waals surface area contributed by atoms with Crippen LogP contribution in [0.1, 0.15) is 44.7 Å². The molecule has 0 aliphatic carbocycles. The fraction of sp³-hybridized carbons (Fsp3) is 0.619. The minimum Gasteiger partial charge on any atom is -0.368 e. The number of nitrogens with one attached hydrogen (secondary N) is 2. The lowest BCUT2D eigenvalue weighted by Crippen LogP contribution is -2.62. The monoisotopic (exact) mass is 461 g/mol. The van der Waals surface area contributed by atoms with Crippen LogP contribution in [0, 0.1) is 0 Å². The van der Waals surface area contributed by atoms with Crippen LogP contribution in [-0.2, 0) is 25.6 Å². The molecule has 0 bridgehead atoms. The Kier molecular flexibility index (Phi) is 7.67. The molecule has 3 atom stereocenters. The molecule has 1 unspecified atom stereocenters. The van der Waals surface area contributed by atoms with Crippen LogP contribution in [0.4, 0.5) is 4.79 Å². The number of H-pyrrole nitrogens is 1. The SMILES string of the molecule is CCCCN1C(=O)CC(C(=O)N[C@@H](Cc2cnc[nH]2)C(=O)N2CCC[C@H]2C(N)=O)N(C)C1=O. The molecule has 2 saturated heterocycles. The summed E-state index contributed by atoms with van der Waals surface area (Å²) in [6.45, 7) is 2.62. The van der Waals surface area contributed by atoms with Crippen molar-refractivity contribution in [1.29, 1.82) is 0 Å². The van der Waals surface area contributed by atoms with Crippen molar-refractivity contribution < 1.29 is 24.0 Å². The number of primary amides is 1. The van der Waals surface area contributed by atoms with Gasteiger partial charge in [0.15, 0.2) is 0 Å². The van der Waals surface area contributed by atoms with E-state index in [2.05, 4.69) is 15.3 Å². The maximum atomic E-state index is 13.3. The molecule has 3 rings (SSSR count). The summed E-state index contributed by atoms with van der Waals surface area (Å²) in [4.78, 5) is 74.0. The molecule has 33 heavy (non-hydrogen) atoms. The number of nitrogens with two attached hydrogens (primary N) is 1. The summed E-state index contributed by atoms with van der Waals surface area (Å²) in [6, 6.07) is -3.32. The number of imide groups is 1. The number of aromatic nitrogens is 2. The van der Waals surface area contributed by atoms with Gasteiger partial charge in [0.1, 0.15) is 18.1 Å². The molecule has 2 aliphatic rings. The Morgan fingerprint density at radius 1 is 1.30 bits per heavy atom. The zero-order valence-corrected chi connectivity index (χ0v) is 19.0. The van der Waals surface area contributed by atoms with Crippen molar-refractivity contribution in [3.8, 4) is 0 Å². The molecule has 0 radical (unpaired) electrons. The normalized spacial score (nSPS) is 21.9. The number of unbranched alkanes of at least 4 members (excludes halogenated alkanes) is 1. The van der Waals surface area contributed by atoms with Crippen molar-refractivity contribution in [2.24, 2.45) is 5.73 Å². The largest absolute Gasteiger partial charge is 0.368 e. The molecule has 1 aromatic heterocycles. The smallest absolute Gasteiger partial charge is 0.327 e. The second-order valence-electron chi connectivity index (χ2n) is 8.45. The van der Waals surface area contributed by atoms with Crippen LogP contribution in [0.25, 0.3) is 0 Å². The number of hydrogen-bond donors (Lipinski definition) is 3. The van der Waals surface area contributed by atoms with E-state index in [1.54, 1.807) is 0 Å². The minimum absolute atomic E-state index is 0.105. The molecule has 2 fully saturated rings. The number of hydrogen-bond acceptors (Lipinski definition) is 6. The molecule has 6 amide bonds. The standard InChI is InChI=1S/C21H31N7O5/c1-3-4-7-28-17(29)10-16(26(2)21(28)33)19(31)25-14(9-13-11-23-12-24-13)20(32)27-8-5-6-15(27)18(22)30/h11-12,14-16H,3-10H2,1-2H3,(H2,22,30)(H,23,24)(H,25,31)/t14-,15-,16?/m0/s1. The molecule has 12 nitrogen and oxygen atoms in total. The van der Waals surface area contributed by atoms with Gasteiger partial charge in [-0.1, -0.05) is 13.3 Å². The second-order valence-corrected chi connectivity index (χ2v) is 8.45. The van der Waals surface area contributed by atoms with E-state index in [-0.39, 0.29) is 12.8 Å². The van der Waals surface area contributed by atoms with E-state index in [9.17, 15) is 24.0 Å². The average molecular weight is 462 g/mol. The molecule has 1 aromatic rings. The molecule has 2 aliphatic heterocycles. The number of likely N-dealkylation sites (N-methyl/N-ethyl adjacent to an activating group) is 1. The Hall–Kier alpha value is -3.44. The summed E-state index contributed by atoms with van der Waals surface area (Å²) in [5, 5.41) is 2.70. The minimum atomic E-state index is -1.04. The number of amides is 6. The quantitative estimate of drug-likeness (QED) is 0.443. The second kappa shape index (κ2) is 10.5. The Labute approximate surface area is 191 Å². The van der Waals surface area contributed by atoms with Gasteiger partial charge in [-0.25, -0.2) is 9.78 Å². The number of imidazole rings is 1. The summed E-state index contributed by atoms with van der Waals surface area (Å²) in [6.07, 6.45) is 5.53. The highest BCUT2D eigenvalue weighted by atomic mass is 16.2. The fourth-order valence-electron chi connectivity index (χ4n) is 4.26. The van der Waals surface area contributed by atoms with Gasteiger partial charge in [-0.2, -0.15) is 0 Å². The fourth-order valence-corrected chi connectivity index (χ4v) is 4.26. The summed E-state index contributed by atoms with van der Waals surface area (Å²) in [5.41, 5.74) is 6.06. The van der Waals surface area contributed by atoms with E-state index in [1.165, 1.54) is 29.4 Å². The van der Waals surface area contributed by atoms with Crippen LogP contribution in [0.3, 0.4) is 0 Å². The third-order valence-corrected chi connectivity index (χ3v) is 6.16. The van der Waals surface area contributed by atoms with Crippen LogP contribution in [0.15, 0.2) is 12.5 Å². The summed E-state index contributed by atoms with van der Waals surface area (Å²) in [5.74, 6) is -2.07. The van der Waals surface area contributed by atoms with Crippen molar-refractivity contribution in [3.05, 3.63) is 18.2 Å². The lowest BCUT2D eigenvalue weighted by molar-refractivity contribution is -0.142. The van der Waals surface area contributed by atoms with Crippen molar-refractivity contribution >= 4 is 29.7 Å². The topological polar surface area (TPSA) is 162 Å². The third kappa shape index (κ3) is 5.32. The van der Waals surface area contributed by atoms with Gasteiger partial charge >= 0.3 is 6.03 Å². The first kappa shape index (κ1) is 24.2. The van der Waals surface area contributed by atoms with E-state index >= 15 is 0 Å². The maximum Gasteiger partial charge on any atom is 0.327 e. The van der Waals surface area contributed by atoms with Crippen molar-refractivity contribution in [3.63, 3.8) is 0 Å². The first-order valence-corrected chi connectivity index (χ1v) is 11.2. The average Bonchev–Trinajstić information content (AvgIpc) is 3.47. The predicted octanol–water partition coefficient (Wildman–Crippen LogP) is -0.634. The van der Waals surface area contributed by atoms with E-state index in [4.69, 9.17) is 5.73 Å². The van der Waals surface area contributed by atoms with Gasteiger partial charge in [0.25, 0.3) is 0 Å². The summed E-state index contributed by atoms with van der Waals surface area (Å²) in [7, 11) is 1.47. The van der Waals surface area contributed by atoms with Crippen LogP contribution in [0.2, 0.25) is 0 Å². The Morgan fingerprint density at radius 3 is 2.70 bits per heavy atom. The third-order valence-electron chi connectivity index (χ3n) is 6.16. The van der Waals surface area contributed by atoms with E-state index in [0.717, 1.165) is 11.3 Å². The number of urea groups is 1. The Balaban J connectivity index is 1.76. The van der Waals surface area contributed by atoms with E-state index < -0.39 is 47.8 Å². The highest BCUT2D eigenvalue weighted by Gasteiger charge is 2.42. The zero-order valence-electron chi connectivity index (χ0n) is 19.0. The summed E-state index contributed by atoms with van der Waals surface area (Å²) >= 11 is 0.